The Morgan fingerprint density at radius 3 is 2.56 bits per heavy atom. The summed E-state index contributed by atoms with van der Waals surface area (Å²) in [6.07, 6.45) is 1.96. The Morgan fingerprint density at radius 1 is 1.39 bits per heavy atom. The molecule has 0 bridgehead atoms. The van der Waals surface area contributed by atoms with Crippen LogP contribution in [0.1, 0.15) is 12.5 Å². The molecule has 0 saturated carbocycles. The summed E-state index contributed by atoms with van der Waals surface area (Å²) in [6.45, 7) is 2.12. The average molecular weight is 288 g/mol. The minimum atomic E-state index is -3.46. The van der Waals surface area contributed by atoms with Gasteiger partial charge in [0.05, 0.1) is 4.90 Å². The molecule has 0 spiro atoms. The number of nitrogens with two attached hydrogens (primary N) is 1. The van der Waals surface area contributed by atoms with Gasteiger partial charge in [0.25, 0.3) is 0 Å². The molecule has 0 aliphatic carbocycles. The number of nitrogens with zero attached hydrogens (tertiary/aromatic N) is 1. The van der Waals surface area contributed by atoms with Gasteiger partial charge in [-0.15, -0.1) is 0 Å². The highest BCUT2D eigenvalue weighted by Crippen LogP contribution is 2.21. The van der Waals surface area contributed by atoms with E-state index in [4.69, 9.17) is 5.73 Å². The van der Waals surface area contributed by atoms with Crippen LogP contribution in [-0.4, -0.2) is 37.8 Å². The highest BCUT2D eigenvalue weighted by molar-refractivity contribution is 7.98. The second-order valence-corrected chi connectivity index (χ2v) is 7.01. The van der Waals surface area contributed by atoms with Crippen molar-refractivity contribution in [1.82, 2.24) is 4.31 Å². The third-order valence-corrected chi connectivity index (χ3v) is 5.77. The number of sulfonamides is 1. The monoisotopic (exact) mass is 288 g/mol. The third kappa shape index (κ3) is 3.26. The normalized spacial score (nSPS) is 13.8. The van der Waals surface area contributed by atoms with E-state index in [2.05, 4.69) is 0 Å². The number of thioether (sulfide) groups is 1. The van der Waals surface area contributed by atoms with Gasteiger partial charge in [-0.2, -0.15) is 16.1 Å². The Kier molecular flexibility index (Phi) is 5.65. The van der Waals surface area contributed by atoms with E-state index in [0.29, 0.717) is 10.5 Å². The first kappa shape index (κ1) is 15.5. The fourth-order valence-corrected chi connectivity index (χ4v) is 4.05. The van der Waals surface area contributed by atoms with Crippen molar-refractivity contribution in [1.29, 1.82) is 0 Å². The molecule has 0 amide bonds. The summed E-state index contributed by atoms with van der Waals surface area (Å²) in [7, 11) is -1.85. The molecule has 4 nitrogen and oxygen atoms in total. The molecule has 0 radical (unpaired) electrons. The molecule has 0 aliphatic heterocycles. The predicted octanol–water partition coefficient (Wildman–Crippen LogP) is 1.52. The van der Waals surface area contributed by atoms with Crippen molar-refractivity contribution < 1.29 is 8.42 Å². The van der Waals surface area contributed by atoms with E-state index >= 15 is 0 Å². The van der Waals surface area contributed by atoms with E-state index in [0.717, 1.165) is 5.75 Å². The van der Waals surface area contributed by atoms with Gasteiger partial charge in [-0.3, -0.25) is 0 Å². The maximum Gasteiger partial charge on any atom is 0.243 e. The first-order valence-corrected chi connectivity index (χ1v) is 8.53. The number of rotatable bonds is 6. The first-order chi connectivity index (χ1) is 8.45. The lowest BCUT2D eigenvalue weighted by Crippen LogP contribution is -2.37. The molecule has 0 saturated heterocycles. The van der Waals surface area contributed by atoms with E-state index in [1.54, 1.807) is 43.1 Å². The Morgan fingerprint density at radius 2 is 2.00 bits per heavy atom. The van der Waals surface area contributed by atoms with Crippen molar-refractivity contribution in [2.24, 2.45) is 5.73 Å². The molecule has 0 fully saturated rings. The molecule has 0 aromatic heterocycles. The molecule has 2 N–H and O–H groups in total. The zero-order valence-corrected chi connectivity index (χ0v) is 12.6. The van der Waals surface area contributed by atoms with Crippen LogP contribution < -0.4 is 5.73 Å². The van der Waals surface area contributed by atoms with E-state index in [1.165, 1.54) is 4.31 Å². The van der Waals surface area contributed by atoms with E-state index in [1.807, 2.05) is 13.2 Å². The van der Waals surface area contributed by atoms with Gasteiger partial charge in [0.1, 0.15) is 0 Å². The van der Waals surface area contributed by atoms with Gasteiger partial charge in [0.15, 0.2) is 0 Å². The van der Waals surface area contributed by atoms with Crippen LogP contribution in [0.15, 0.2) is 29.2 Å². The molecule has 1 aromatic rings. The maximum atomic E-state index is 12.5. The second kappa shape index (κ2) is 6.56. The van der Waals surface area contributed by atoms with Crippen molar-refractivity contribution in [2.75, 3.05) is 19.1 Å². The lowest BCUT2D eigenvalue weighted by atomic mass is 10.2. The summed E-state index contributed by atoms with van der Waals surface area (Å²) in [5.41, 5.74) is 6.25. The topological polar surface area (TPSA) is 63.4 Å². The van der Waals surface area contributed by atoms with Crippen LogP contribution in [0.2, 0.25) is 0 Å². The van der Waals surface area contributed by atoms with Crippen LogP contribution in [0.3, 0.4) is 0 Å². The summed E-state index contributed by atoms with van der Waals surface area (Å²) >= 11 is 1.63. The number of hydrogen-bond acceptors (Lipinski definition) is 4. The molecule has 6 heteroatoms. The molecule has 18 heavy (non-hydrogen) atoms. The molecular formula is C12H20N2O2S2. The summed E-state index contributed by atoms with van der Waals surface area (Å²) in [5.74, 6) is 0.764. The molecule has 0 aliphatic rings. The highest BCUT2D eigenvalue weighted by Gasteiger charge is 2.26. The van der Waals surface area contributed by atoms with Crippen LogP contribution in [0.4, 0.5) is 0 Å². The second-order valence-electron chi connectivity index (χ2n) is 4.14. The van der Waals surface area contributed by atoms with Gasteiger partial charge in [0, 0.05) is 25.4 Å². The quantitative estimate of drug-likeness (QED) is 0.862. The van der Waals surface area contributed by atoms with E-state index in [9.17, 15) is 8.42 Å². The molecule has 0 heterocycles. The summed E-state index contributed by atoms with van der Waals surface area (Å²) in [5, 5.41) is 0. The van der Waals surface area contributed by atoms with Crippen LogP contribution in [-0.2, 0) is 16.6 Å². The minimum absolute atomic E-state index is 0.0455. The Hall–Kier alpha value is -0.560. The minimum Gasteiger partial charge on any atom is -0.326 e. The zero-order chi connectivity index (χ0) is 13.8. The Bertz CT molecular complexity index is 489. The smallest absolute Gasteiger partial charge is 0.243 e. The molecular weight excluding hydrogens is 268 g/mol. The van der Waals surface area contributed by atoms with Crippen molar-refractivity contribution in [3.05, 3.63) is 29.8 Å². The van der Waals surface area contributed by atoms with Crippen molar-refractivity contribution in [3.63, 3.8) is 0 Å². The molecule has 1 unspecified atom stereocenters. The van der Waals surface area contributed by atoms with Gasteiger partial charge < -0.3 is 5.73 Å². The van der Waals surface area contributed by atoms with Crippen LogP contribution in [0, 0.1) is 0 Å². The number of benzene rings is 1. The van der Waals surface area contributed by atoms with Crippen molar-refractivity contribution >= 4 is 21.8 Å². The summed E-state index contributed by atoms with van der Waals surface area (Å²) in [4.78, 5) is 0.308. The van der Waals surface area contributed by atoms with Crippen LogP contribution in [0.25, 0.3) is 0 Å². The molecule has 1 rings (SSSR count). The lowest BCUT2D eigenvalue weighted by molar-refractivity contribution is 0.414. The summed E-state index contributed by atoms with van der Waals surface area (Å²) in [6, 6.07) is 6.83. The Balaban J connectivity index is 3.13. The third-order valence-electron chi connectivity index (χ3n) is 2.88. The largest absolute Gasteiger partial charge is 0.326 e. The predicted molar refractivity (Wildman–Crippen MR) is 77.1 cm³/mol. The van der Waals surface area contributed by atoms with Gasteiger partial charge in [-0.1, -0.05) is 18.2 Å². The van der Waals surface area contributed by atoms with E-state index < -0.39 is 10.0 Å². The molecule has 1 atom stereocenters. The van der Waals surface area contributed by atoms with Gasteiger partial charge in [-0.05, 0) is 24.8 Å². The zero-order valence-electron chi connectivity index (χ0n) is 11.0. The van der Waals surface area contributed by atoms with Gasteiger partial charge in [-0.25, -0.2) is 8.42 Å². The first-order valence-electron chi connectivity index (χ1n) is 5.70. The molecule has 102 valence electrons. The standard InChI is InChI=1S/C12H20N2O2S2/c1-10(9-17-3)14(2)18(15,16)12-7-5-4-6-11(12)8-13/h4-7,10H,8-9,13H2,1-3H3. The number of hydrogen-bond donors (Lipinski definition) is 1. The van der Waals surface area contributed by atoms with Crippen molar-refractivity contribution in [2.45, 2.75) is 24.4 Å². The summed E-state index contributed by atoms with van der Waals surface area (Å²) < 4.78 is 26.4. The fraction of sp³-hybridized carbons (Fsp3) is 0.500. The van der Waals surface area contributed by atoms with Crippen LogP contribution in [0.5, 0.6) is 0 Å². The Labute approximate surface area is 114 Å². The molecule has 1 aromatic carbocycles. The lowest BCUT2D eigenvalue weighted by Gasteiger charge is -2.24. The van der Waals surface area contributed by atoms with Gasteiger partial charge in [0.2, 0.25) is 10.0 Å². The fourth-order valence-electron chi connectivity index (χ4n) is 1.66. The average Bonchev–Trinajstić information content (AvgIpc) is 2.38. The highest BCUT2D eigenvalue weighted by atomic mass is 32.2. The SMILES string of the molecule is CSCC(C)N(C)S(=O)(=O)c1ccccc1CN. The maximum absolute atomic E-state index is 12.5. The van der Waals surface area contributed by atoms with Crippen molar-refractivity contribution in [3.8, 4) is 0 Å². The van der Waals surface area contributed by atoms with E-state index in [-0.39, 0.29) is 12.6 Å². The van der Waals surface area contributed by atoms with Crippen LogP contribution >= 0.6 is 11.8 Å². The van der Waals surface area contributed by atoms with Gasteiger partial charge >= 0.3 is 0 Å².